The largest absolute Gasteiger partial charge is 0.491 e. The van der Waals surface area contributed by atoms with E-state index in [0.717, 1.165) is 12.1 Å². The molecule has 1 atom stereocenters. The second-order valence-corrected chi connectivity index (χ2v) is 5.38. The zero-order valence-corrected chi connectivity index (χ0v) is 12.5. The zero-order valence-electron chi connectivity index (χ0n) is 11.7. The standard InChI is InChI=1S/C16H16ClF2NO/c1-9(2)21-15-6-4-3-5-10(15)16(20)11-7-14(19)12(17)8-13(11)18/h3-9,16H,20H2,1-2H3. The first-order valence-electron chi connectivity index (χ1n) is 6.55. The van der Waals surface area contributed by atoms with Crippen molar-refractivity contribution in [1.82, 2.24) is 0 Å². The zero-order chi connectivity index (χ0) is 15.6. The van der Waals surface area contributed by atoms with Gasteiger partial charge in [-0.25, -0.2) is 8.78 Å². The highest BCUT2D eigenvalue weighted by Crippen LogP contribution is 2.32. The average Bonchev–Trinajstić information content (AvgIpc) is 2.42. The number of hydrogen-bond acceptors (Lipinski definition) is 2. The first kappa shape index (κ1) is 15.7. The van der Waals surface area contributed by atoms with Gasteiger partial charge in [0.15, 0.2) is 0 Å². The summed E-state index contributed by atoms with van der Waals surface area (Å²) >= 11 is 5.56. The molecule has 0 heterocycles. The van der Waals surface area contributed by atoms with Crippen LogP contribution < -0.4 is 10.5 Å². The van der Waals surface area contributed by atoms with Gasteiger partial charge in [0.25, 0.3) is 0 Å². The number of rotatable bonds is 4. The fraction of sp³-hybridized carbons (Fsp3) is 0.250. The molecule has 0 saturated heterocycles. The van der Waals surface area contributed by atoms with Crippen LogP contribution in [0.5, 0.6) is 5.75 Å². The van der Waals surface area contributed by atoms with Gasteiger partial charge in [0.1, 0.15) is 17.4 Å². The number of hydrogen-bond donors (Lipinski definition) is 1. The SMILES string of the molecule is CC(C)Oc1ccccc1C(N)c1cc(F)c(Cl)cc1F. The summed E-state index contributed by atoms with van der Waals surface area (Å²) in [4.78, 5) is 0. The Bertz CT molecular complexity index is 646. The van der Waals surface area contributed by atoms with Gasteiger partial charge in [0.05, 0.1) is 17.2 Å². The Hall–Kier alpha value is -1.65. The minimum atomic E-state index is -0.841. The molecular formula is C16H16ClF2NO. The molecule has 2 nitrogen and oxygen atoms in total. The topological polar surface area (TPSA) is 35.2 Å². The third-order valence-corrected chi connectivity index (χ3v) is 3.28. The van der Waals surface area contributed by atoms with Gasteiger partial charge in [-0.15, -0.1) is 0 Å². The molecule has 2 N–H and O–H groups in total. The lowest BCUT2D eigenvalue weighted by molar-refractivity contribution is 0.239. The van der Waals surface area contributed by atoms with Crippen LogP contribution in [0.4, 0.5) is 8.78 Å². The Labute approximate surface area is 127 Å². The monoisotopic (exact) mass is 311 g/mol. The second-order valence-electron chi connectivity index (χ2n) is 4.97. The predicted octanol–water partition coefficient (Wildman–Crippen LogP) is 4.45. The van der Waals surface area contributed by atoms with Crippen molar-refractivity contribution in [3.63, 3.8) is 0 Å². The lowest BCUT2D eigenvalue weighted by Gasteiger charge is -2.19. The molecule has 0 saturated carbocycles. The minimum absolute atomic E-state index is 0.0386. The van der Waals surface area contributed by atoms with E-state index in [1.165, 1.54) is 0 Å². The van der Waals surface area contributed by atoms with Gasteiger partial charge >= 0.3 is 0 Å². The van der Waals surface area contributed by atoms with Crippen molar-refractivity contribution in [2.24, 2.45) is 5.73 Å². The Morgan fingerprint density at radius 3 is 2.38 bits per heavy atom. The number of halogens is 3. The first-order valence-corrected chi connectivity index (χ1v) is 6.93. The van der Waals surface area contributed by atoms with Gasteiger partial charge in [-0.1, -0.05) is 29.8 Å². The number of benzene rings is 2. The third kappa shape index (κ3) is 3.52. The summed E-state index contributed by atoms with van der Waals surface area (Å²) in [5.41, 5.74) is 6.71. The molecule has 1 unspecified atom stereocenters. The minimum Gasteiger partial charge on any atom is -0.491 e. The van der Waals surface area contributed by atoms with Gasteiger partial charge in [0.2, 0.25) is 0 Å². The molecule has 0 aliphatic rings. The molecule has 21 heavy (non-hydrogen) atoms. The fourth-order valence-electron chi connectivity index (χ4n) is 2.04. The van der Waals surface area contributed by atoms with Gasteiger partial charge in [-0.2, -0.15) is 0 Å². The van der Waals surface area contributed by atoms with E-state index in [4.69, 9.17) is 22.1 Å². The van der Waals surface area contributed by atoms with Crippen LogP contribution in [0.25, 0.3) is 0 Å². The molecule has 0 aliphatic carbocycles. The number of para-hydroxylation sites is 1. The third-order valence-electron chi connectivity index (χ3n) is 2.99. The number of nitrogens with two attached hydrogens (primary N) is 1. The van der Waals surface area contributed by atoms with Crippen molar-refractivity contribution in [3.8, 4) is 5.75 Å². The summed E-state index contributed by atoms with van der Waals surface area (Å²) < 4.78 is 33.2. The van der Waals surface area contributed by atoms with E-state index >= 15 is 0 Å². The lowest BCUT2D eigenvalue weighted by Crippen LogP contribution is -2.17. The summed E-state index contributed by atoms with van der Waals surface area (Å²) in [6, 6.07) is 8.16. The molecule has 112 valence electrons. The van der Waals surface area contributed by atoms with Gasteiger partial charge in [0, 0.05) is 11.1 Å². The maximum absolute atomic E-state index is 14.0. The van der Waals surface area contributed by atoms with E-state index in [9.17, 15) is 8.78 Å². The first-order chi connectivity index (χ1) is 9.90. The highest BCUT2D eigenvalue weighted by Gasteiger charge is 2.20. The van der Waals surface area contributed by atoms with E-state index in [1.54, 1.807) is 24.3 Å². The quantitative estimate of drug-likeness (QED) is 0.846. The highest BCUT2D eigenvalue weighted by molar-refractivity contribution is 6.30. The summed E-state index contributed by atoms with van der Waals surface area (Å²) in [5.74, 6) is -0.797. The van der Waals surface area contributed by atoms with Crippen LogP contribution in [0.3, 0.4) is 0 Å². The van der Waals surface area contributed by atoms with Crippen LogP contribution in [-0.4, -0.2) is 6.10 Å². The van der Waals surface area contributed by atoms with Crippen LogP contribution in [0.1, 0.15) is 31.0 Å². The van der Waals surface area contributed by atoms with Gasteiger partial charge in [-0.3, -0.25) is 0 Å². The maximum Gasteiger partial charge on any atom is 0.142 e. The van der Waals surface area contributed by atoms with E-state index < -0.39 is 17.7 Å². The lowest BCUT2D eigenvalue weighted by atomic mass is 9.98. The number of ether oxygens (including phenoxy) is 1. The average molecular weight is 312 g/mol. The fourth-order valence-corrected chi connectivity index (χ4v) is 2.19. The van der Waals surface area contributed by atoms with Gasteiger partial charge in [-0.05, 0) is 32.0 Å². The molecule has 5 heteroatoms. The van der Waals surface area contributed by atoms with Crippen molar-refractivity contribution >= 4 is 11.6 Å². The van der Waals surface area contributed by atoms with Crippen LogP contribution in [-0.2, 0) is 0 Å². The van der Waals surface area contributed by atoms with Crippen molar-refractivity contribution in [1.29, 1.82) is 0 Å². The molecule has 0 spiro atoms. The normalized spacial score (nSPS) is 12.5. The Morgan fingerprint density at radius 1 is 1.05 bits per heavy atom. The molecule has 0 fully saturated rings. The summed E-state index contributed by atoms with van der Waals surface area (Å²) in [6.07, 6.45) is -0.0508. The Morgan fingerprint density at radius 2 is 1.71 bits per heavy atom. The molecule has 2 aromatic carbocycles. The van der Waals surface area contributed by atoms with Crippen molar-refractivity contribution in [3.05, 3.63) is 64.2 Å². The summed E-state index contributed by atoms with van der Waals surface area (Å²) in [5, 5.41) is -0.268. The van der Waals surface area contributed by atoms with Gasteiger partial charge < -0.3 is 10.5 Å². The van der Waals surface area contributed by atoms with E-state index in [0.29, 0.717) is 11.3 Å². The Balaban J connectivity index is 2.45. The van der Waals surface area contributed by atoms with Crippen LogP contribution in [0.2, 0.25) is 5.02 Å². The molecular weight excluding hydrogens is 296 g/mol. The molecule has 0 amide bonds. The highest BCUT2D eigenvalue weighted by atomic mass is 35.5. The molecule has 0 radical (unpaired) electrons. The molecule has 0 aliphatic heterocycles. The molecule has 0 bridgehead atoms. The van der Waals surface area contributed by atoms with Crippen LogP contribution in [0.15, 0.2) is 36.4 Å². The predicted molar refractivity (Wildman–Crippen MR) is 79.6 cm³/mol. The van der Waals surface area contributed by atoms with Crippen LogP contribution in [0, 0.1) is 11.6 Å². The maximum atomic E-state index is 14.0. The molecule has 2 aromatic rings. The van der Waals surface area contributed by atoms with Crippen molar-refractivity contribution < 1.29 is 13.5 Å². The smallest absolute Gasteiger partial charge is 0.142 e. The second kappa shape index (κ2) is 6.41. The van der Waals surface area contributed by atoms with E-state index in [2.05, 4.69) is 0 Å². The van der Waals surface area contributed by atoms with Crippen molar-refractivity contribution in [2.75, 3.05) is 0 Å². The van der Waals surface area contributed by atoms with Crippen molar-refractivity contribution in [2.45, 2.75) is 26.0 Å². The summed E-state index contributed by atoms with van der Waals surface area (Å²) in [7, 11) is 0. The van der Waals surface area contributed by atoms with E-state index in [-0.39, 0.29) is 16.7 Å². The summed E-state index contributed by atoms with van der Waals surface area (Å²) in [6.45, 7) is 3.76. The van der Waals surface area contributed by atoms with Crippen LogP contribution >= 0.6 is 11.6 Å². The van der Waals surface area contributed by atoms with E-state index in [1.807, 2.05) is 13.8 Å². The Kier molecular flexibility index (Phi) is 4.80. The molecule has 2 rings (SSSR count). The molecule has 0 aromatic heterocycles.